The van der Waals surface area contributed by atoms with Crippen LogP contribution in [0.4, 0.5) is 28.8 Å². The predicted molar refractivity (Wildman–Crippen MR) is 518 cm³/mol. The van der Waals surface area contributed by atoms with Crippen LogP contribution in [0, 0.1) is 109 Å². The van der Waals surface area contributed by atoms with Gasteiger partial charge in [0.2, 0.25) is 52.8 Å². The third kappa shape index (κ3) is 28.1. The van der Waals surface area contributed by atoms with Crippen LogP contribution < -0.4 is 81.0 Å². The van der Waals surface area contributed by atoms with Gasteiger partial charge in [-0.2, -0.15) is 0 Å². The zero-order valence-electron chi connectivity index (χ0n) is 86.7. The molecule has 8 aliphatic carbocycles. The maximum Gasteiger partial charge on any atom is 0.407 e. The number of carbonyl (C=O) groups excluding carboxylic acids is 18. The van der Waals surface area contributed by atoms with Crippen LogP contribution in [-0.2, 0) is 84.6 Å². The number of benzene rings is 1. The molecular formula is C101H160N18O21. The molecule has 1 aromatic rings. The molecule has 0 radical (unpaired) electrons. The molecule has 18 amide bonds. The lowest BCUT2D eigenvalue weighted by Crippen LogP contribution is -2.62. The SMILES string of the molecule is CC(C)(C)NC(=O)OC[C@@H](NC(=O)N[C@H](C(=O)N1CC2C([C@H]1C(=O)NC(CC1CCC1)C(=O)C(N)=O)C2(C)C)C1Cc2ccccc2C1)C(C)(C)C.CC(C)[C@H](COC(=O)NCC1CC1)NC(=O)N[C@H](C(=O)N1CC2C([C@H]1C(=O)NC(CC1CC1)C(=O)C(N)=O)C2(C)C)C(C)(C)C.CNC(=O)OC[C@H](NC(=O)N[C@H](C(=O)N1CC2C([C@H]1C(=O)NC(CC1CC1)C(=O)C(N)=O)C2(C)C)C(C)(C)C)C(C)(C)C. The summed E-state index contributed by atoms with van der Waals surface area (Å²) in [5.74, 6) is -7.84. The number of ketones is 3. The molecule has 10 fully saturated rings. The Morgan fingerprint density at radius 3 is 1.06 bits per heavy atom. The lowest BCUT2D eigenvalue weighted by molar-refractivity contribution is -0.145. The van der Waals surface area contributed by atoms with Crippen molar-refractivity contribution in [2.45, 2.75) is 327 Å². The number of alkyl carbamates (subject to hydrolysis) is 3. The van der Waals surface area contributed by atoms with Gasteiger partial charge in [-0.05, 0) is 186 Å². The van der Waals surface area contributed by atoms with Gasteiger partial charge < -0.3 is 110 Å². The topological polar surface area (TPSA) is 567 Å². The highest BCUT2D eigenvalue weighted by Gasteiger charge is 2.73. The molecular weight excluding hydrogens is 1800 g/mol. The highest BCUT2D eigenvalue weighted by Crippen LogP contribution is 2.67. The lowest BCUT2D eigenvalue weighted by Gasteiger charge is -2.38. The van der Waals surface area contributed by atoms with E-state index in [1.807, 2.05) is 170 Å². The Balaban J connectivity index is 0.000000217. The lowest BCUT2D eigenvalue weighted by atomic mass is 9.80. The average Bonchev–Trinajstić information content (AvgIpc) is 1.53. The molecule has 0 spiro atoms. The van der Waals surface area contributed by atoms with Gasteiger partial charge in [0, 0.05) is 38.8 Å². The number of amides is 18. The number of nitrogens with two attached hydrogens (primary N) is 3. The second-order valence-electron chi connectivity index (χ2n) is 48.7. The zero-order valence-corrected chi connectivity index (χ0v) is 86.7. The van der Waals surface area contributed by atoms with Gasteiger partial charge in [-0.1, -0.05) is 208 Å². The number of nitrogens with zero attached hydrogens (tertiary/aromatic N) is 3. The van der Waals surface area contributed by atoms with E-state index in [1.165, 1.54) is 16.8 Å². The van der Waals surface area contributed by atoms with E-state index in [4.69, 9.17) is 31.4 Å². The minimum Gasteiger partial charge on any atom is -0.447 e. The fourth-order valence-corrected chi connectivity index (χ4v) is 20.8. The number of likely N-dealkylation sites (tertiary alicyclic amines) is 3. The molecule has 780 valence electrons. The Hall–Kier alpha value is -10.9. The van der Waals surface area contributed by atoms with Crippen molar-refractivity contribution in [1.29, 1.82) is 0 Å². The molecule has 0 bridgehead atoms. The number of rotatable bonds is 37. The van der Waals surface area contributed by atoms with E-state index in [2.05, 4.69) is 77.6 Å². The van der Waals surface area contributed by atoms with Gasteiger partial charge in [0.25, 0.3) is 17.7 Å². The van der Waals surface area contributed by atoms with E-state index in [9.17, 15) is 86.3 Å². The fraction of sp³-hybridized carbons (Fsp3) is 0.762. The molecule has 12 rings (SSSR count). The first-order valence-corrected chi connectivity index (χ1v) is 50.1. The number of urea groups is 3. The molecule has 3 saturated heterocycles. The van der Waals surface area contributed by atoms with Gasteiger partial charge >= 0.3 is 36.4 Å². The van der Waals surface area contributed by atoms with E-state index in [-0.39, 0.29) is 107 Å². The summed E-state index contributed by atoms with van der Waals surface area (Å²) in [7, 11) is 1.44. The van der Waals surface area contributed by atoms with Crippen molar-refractivity contribution in [3.05, 3.63) is 35.4 Å². The summed E-state index contributed by atoms with van der Waals surface area (Å²) in [5.41, 5.74) is 14.6. The van der Waals surface area contributed by atoms with Crippen molar-refractivity contribution < 1.29 is 101 Å². The highest BCUT2D eigenvalue weighted by molar-refractivity contribution is 6.39. The number of carbonyl (C=O) groups is 18. The quantitative estimate of drug-likeness (QED) is 0.0260. The number of nitrogens with one attached hydrogen (secondary N) is 12. The number of piperidine rings is 3. The molecule has 18 N–H and O–H groups in total. The smallest absolute Gasteiger partial charge is 0.407 e. The first-order valence-electron chi connectivity index (χ1n) is 50.1. The molecule has 3 heterocycles. The molecule has 140 heavy (non-hydrogen) atoms. The van der Waals surface area contributed by atoms with Crippen molar-refractivity contribution in [3.63, 3.8) is 0 Å². The molecule has 11 aliphatic rings. The fourth-order valence-electron chi connectivity index (χ4n) is 20.8. The van der Waals surface area contributed by atoms with Crippen molar-refractivity contribution in [1.82, 2.24) is 78.5 Å². The van der Waals surface area contributed by atoms with Crippen molar-refractivity contribution >= 4 is 107 Å². The van der Waals surface area contributed by atoms with Gasteiger partial charge in [-0.25, -0.2) is 28.8 Å². The number of hydrogen-bond acceptors (Lipinski definition) is 21. The number of primary amides is 3. The second-order valence-corrected chi connectivity index (χ2v) is 48.7. The largest absolute Gasteiger partial charge is 0.447 e. The maximum absolute atomic E-state index is 14.8. The predicted octanol–water partition coefficient (Wildman–Crippen LogP) is 6.20. The summed E-state index contributed by atoms with van der Waals surface area (Å²) in [5, 5.41) is 33.5. The second kappa shape index (κ2) is 43.5. The van der Waals surface area contributed by atoms with Gasteiger partial charge in [0.15, 0.2) is 0 Å². The number of hydrogen-bond donors (Lipinski definition) is 15. The van der Waals surface area contributed by atoms with Crippen LogP contribution in [0.15, 0.2) is 24.3 Å². The molecule has 0 aromatic heterocycles. The molecule has 7 saturated carbocycles. The monoisotopic (exact) mass is 1960 g/mol. The summed E-state index contributed by atoms with van der Waals surface area (Å²) in [6.07, 6.45) is 9.07. The Bertz CT molecular complexity index is 4800. The Morgan fingerprint density at radius 2 is 0.743 bits per heavy atom. The summed E-state index contributed by atoms with van der Waals surface area (Å²) >= 11 is 0. The molecule has 39 nitrogen and oxygen atoms in total. The summed E-state index contributed by atoms with van der Waals surface area (Å²) in [6.45, 7) is 45.3. The third-order valence-corrected chi connectivity index (χ3v) is 31.0. The molecule has 39 heteroatoms. The van der Waals surface area contributed by atoms with Crippen LogP contribution in [-0.4, -0.2) is 253 Å². The Morgan fingerprint density at radius 1 is 0.407 bits per heavy atom. The first kappa shape index (κ1) is 111. The normalized spacial score (nSPS) is 24.6. The van der Waals surface area contributed by atoms with Crippen molar-refractivity contribution in [2.24, 2.45) is 126 Å². The molecule has 1 aromatic carbocycles. The minimum absolute atomic E-state index is 0.0332. The maximum atomic E-state index is 14.8. The van der Waals surface area contributed by atoms with E-state index >= 15 is 0 Å². The van der Waals surface area contributed by atoms with Crippen LogP contribution in [0.5, 0.6) is 0 Å². The zero-order chi connectivity index (χ0) is 104. The van der Waals surface area contributed by atoms with Crippen LogP contribution in [0.3, 0.4) is 0 Å². The van der Waals surface area contributed by atoms with Crippen molar-refractivity contribution in [2.75, 3.05) is 53.0 Å². The number of Topliss-reactive ketones (excluding diaryl/α,β-unsaturated/α-hetero) is 3. The van der Waals surface area contributed by atoms with Gasteiger partial charge in [-0.15, -0.1) is 0 Å². The van der Waals surface area contributed by atoms with Crippen molar-refractivity contribution in [3.8, 4) is 0 Å². The van der Waals surface area contributed by atoms with Crippen LogP contribution in [0.1, 0.15) is 247 Å². The van der Waals surface area contributed by atoms with E-state index in [0.717, 1.165) is 68.9 Å². The summed E-state index contributed by atoms with van der Waals surface area (Å²) in [6, 6.07) is -4.22. The van der Waals surface area contributed by atoms with Gasteiger partial charge in [0.05, 0.1) is 36.3 Å². The van der Waals surface area contributed by atoms with E-state index < -0.39 is 201 Å². The molecule has 3 aliphatic heterocycles. The summed E-state index contributed by atoms with van der Waals surface area (Å²) in [4.78, 5) is 239. The molecule has 9 unspecified atom stereocenters. The Kier molecular flexibility index (Phi) is 34.5. The van der Waals surface area contributed by atoms with Gasteiger partial charge in [-0.3, -0.25) is 57.5 Å². The standard InChI is InChI=1S/C39H58N6O7.C32H52N6O7.C30H50N6O7/c1-37(2,3)27(20-52-36(51)44-38(4,5)6)42-35(50)43-29(24-17-22-14-9-10-15-23(22)18-24)34(49)45-19-25-28(39(25,7)8)30(45)33(48)41-26(31(46)32(40)47)16-21-12-11-13-21;1-16(2)21(15-45-30(44)34-13-18-10-11-18)36-29(43)37-25(31(3,4)5)28(42)38-14-19-22(32(19,6)7)23(38)27(41)35-20(12-17-8-9-17)24(39)26(33)40;1-28(2,3)18(14-43-27(42)32-9)34-26(41)35-22(29(4,5)6)25(40)36-13-16-19(30(16,7)8)20(36)24(39)33-17(12-15-10-11-15)21(37)23(31)38/h9-10,14-15,21,24-30H,11-13,16-20H2,1-8H3,(H2,40,47)(H,41,48)(H,44,51)(H2,42,43,50);16-23,25H,8-15H2,1-7H3,(H2,33,40)(H,34,44)(H,35,41)(H2,36,37,43);15-20,22H,10-14H2,1-9H3,(H2,31,38)(H,32,42)(H,33,39)(H2,34,35,41)/t25?,26?,27-,28?,29+,30+;19?,20?,21-,22?,23-,25+;16?,17?,18-,19?,20-,22+/m100/s1. The average molecular weight is 1960 g/mol. The van der Waals surface area contributed by atoms with Gasteiger partial charge in [0.1, 0.15) is 56.1 Å². The Labute approximate surface area is 823 Å². The molecule has 18 atom stereocenters. The minimum atomic E-state index is -1.10. The van der Waals surface area contributed by atoms with E-state index in [0.29, 0.717) is 64.2 Å². The first-order chi connectivity index (χ1) is 64.8. The van der Waals surface area contributed by atoms with Crippen LogP contribution in [0.2, 0.25) is 0 Å². The third-order valence-electron chi connectivity index (χ3n) is 31.0. The number of fused-ring (bicyclic) bond motifs is 4. The van der Waals surface area contributed by atoms with Crippen LogP contribution >= 0.6 is 0 Å². The van der Waals surface area contributed by atoms with Crippen LogP contribution in [0.25, 0.3) is 0 Å². The highest BCUT2D eigenvalue weighted by atomic mass is 16.6. The van der Waals surface area contributed by atoms with E-state index in [1.54, 1.807) is 4.90 Å². The summed E-state index contributed by atoms with van der Waals surface area (Å²) < 4.78 is 16.0. The number of ether oxygens (including phenoxy) is 3.